The molecule has 1 aromatic carbocycles. The van der Waals surface area contributed by atoms with Gasteiger partial charge in [0, 0.05) is 12.6 Å². The highest BCUT2D eigenvalue weighted by Gasteiger charge is 2.42. The standard InChI is InChI=1S/C23H24N6O3/c1-13-5-6-18-15(9-13)14(2)31-22-20(25)26-11-16(27-22)19-17(10-24)29(3)28-21(19)30-12-23(32-18)7-4-8-23/h5-6,9,11,14H,4,7-8,12H2,1-3H3,(H2,25,26)/t14-/m1/s1. The van der Waals surface area contributed by atoms with E-state index < -0.39 is 5.60 Å². The van der Waals surface area contributed by atoms with Gasteiger partial charge in [0.05, 0.1) is 6.20 Å². The summed E-state index contributed by atoms with van der Waals surface area (Å²) in [7, 11) is 1.69. The average Bonchev–Trinajstić information content (AvgIpc) is 3.07. The lowest BCUT2D eigenvalue weighted by Crippen LogP contribution is -2.48. The Hall–Kier alpha value is -3.80. The molecule has 9 heteroatoms. The highest BCUT2D eigenvalue weighted by molar-refractivity contribution is 5.71. The lowest BCUT2D eigenvalue weighted by atomic mass is 9.80. The summed E-state index contributed by atoms with van der Waals surface area (Å²) in [4.78, 5) is 8.84. The number of rotatable bonds is 0. The van der Waals surface area contributed by atoms with Crippen molar-refractivity contribution < 1.29 is 14.2 Å². The number of hydrogen-bond acceptors (Lipinski definition) is 8. The number of fused-ring (bicyclic) bond motifs is 5. The Morgan fingerprint density at radius 2 is 2.09 bits per heavy atom. The number of hydrogen-bond donors (Lipinski definition) is 1. The summed E-state index contributed by atoms with van der Waals surface area (Å²) >= 11 is 0. The van der Waals surface area contributed by atoms with E-state index in [2.05, 4.69) is 21.1 Å². The fraction of sp³-hybridized carbons (Fsp3) is 0.391. The van der Waals surface area contributed by atoms with Gasteiger partial charge in [0.15, 0.2) is 11.5 Å². The van der Waals surface area contributed by atoms with E-state index >= 15 is 0 Å². The Morgan fingerprint density at radius 3 is 2.81 bits per heavy atom. The molecule has 5 rings (SSSR count). The second-order valence-corrected chi connectivity index (χ2v) is 8.44. The quantitative estimate of drug-likeness (QED) is 0.573. The summed E-state index contributed by atoms with van der Waals surface area (Å²) in [6.45, 7) is 4.26. The fourth-order valence-corrected chi connectivity index (χ4v) is 4.14. The summed E-state index contributed by atoms with van der Waals surface area (Å²) in [6.07, 6.45) is 3.90. The minimum absolute atomic E-state index is 0.158. The number of anilines is 1. The topological polar surface area (TPSA) is 121 Å². The summed E-state index contributed by atoms with van der Waals surface area (Å²) in [5, 5.41) is 14.2. The Kier molecular flexibility index (Phi) is 4.66. The first kappa shape index (κ1) is 20.1. The molecule has 164 valence electrons. The van der Waals surface area contributed by atoms with Crippen LogP contribution in [0.4, 0.5) is 5.82 Å². The van der Waals surface area contributed by atoms with Crippen LogP contribution >= 0.6 is 0 Å². The summed E-state index contributed by atoms with van der Waals surface area (Å²) in [6, 6.07) is 8.21. The molecule has 1 atom stereocenters. The van der Waals surface area contributed by atoms with Crippen molar-refractivity contribution in [1.82, 2.24) is 19.7 Å². The maximum absolute atomic E-state index is 9.73. The first-order chi connectivity index (χ1) is 15.4. The zero-order chi connectivity index (χ0) is 22.5. The van der Waals surface area contributed by atoms with Crippen molar-refractivity contribution >= 4 is 5.82 Å². The highest BCUT2D eigenvalue weighted by Crippen LogP contribution is 2.42. The van der Waals surface area contributed by atoms with Gasteiger partial charge in [-0.1, -0.05) is 11.6 Å². The number of nitrogens with zero attached hydrogens (tertiary/aromatic N) is 5. The molecule has 32 heavy (non-hydrogen) atoms. The summed E-state index contributed by atoms with van der Waals surface area (Å²) < 4.78 is 20.4. The Balaban J connectivity index is 1.69. The molecule has 1 spiro atoms. The van der Waals surface area contributed by atoms with Crippen LogP contribution in [0.5, 0.6) is 17.5 Å². The number of benzene rings is 1. The molecule has 3 heterocycles. The van der Waals surface area contributed by atoms with Crippen LogP contribution in [0.15, 0.2) is 24.4 Å². The van der Waals surface area contributed by atoms with Gasteiger partial charge < -0.3 is 19.9 Å². The molecule has 2 aliphatic rings. The van der Waals surface area contributed by atoms with Gasteiger partial charge in [0.25, 0.3) is 5.88 Å². The van der Waals surface area contributed by atoms with Crippen LogP contribution in [0.25, 0.3) is 11.3 Å². The van der Waals surface area contributed by atoms with Crippen molar-refractivity contribution in [3.8, 4) is 34.8 Å². The third-order valence-corrected chi connectivity index (χ3v) is 6.10. The third kappa shape index (κ3) is 3.28. The number of nitriles is 1. The van der Waals surface area contributed by atoms with Crippen molar-refractivity contribution in [1.29, 1.82) is 5.26 Å². The van der Waals surface area contributed by atoms with Gasteiger partial charge in [-0.25, -0.2) is 9.97 Å². The van der Waals surface area contributed by atoms with Gasteiger partial charge in [-0.15, -0.1) is 5.10 Å². The largest absolute Gasteiger partial charge is 0.483 e. The van der Waals surface area contributed by atoms with E-state index in [1.807, 2.05) is 32.0 Å². The molecule has 1 fully saturated rings. The van der Waals surface area contributed by atoms with Crippen LogP contribution in [0.1, 0.15) is 49.1 Å². The monoisotopic (exact) mass is 432 g/mol. The van der Waals surface area contributed by atoms with Gasteiger partial charge in [0.1, 0.15) is 41.4 Å². The van der Waals surface area contributed by atoms with Gasteiger partial charge in [0.2, 0.25) is 5.88 Å². The smallest absolute Gasteiger partial charge is 0.258 e. The van der Waals surface area contributed by atoms with Crippen molar-refractivity contribution in [2.24, 2.45) is 7.05 Å². The maximum atomic E-state index is 9.73. The van der Waals surface area contributed by atoms with Gasteiger partial charge in [-0.2, -0.15) is 5.26 Å². The van der Waals surface area contributed by atoms with E-state index in [0.29, 0.717) is 29.4 Å². The Morgan fingerprint density at radius 1 is 1.28 bits per heavy atom. The van der Waals surface area contributed by atoms with Crippen molar-refractivity contribution in [3.05, 3.63) is 41.2 Å². The second-order valence-electron chi connectivity index (χ2n) is 8.44. The van der Waals surface area contributed by atoms with E-state index in [1.165, 1.54) is 10.9 Å². The maximum Gasteiger partial charge on any atom is 0.258 e. The minimum Gasteiger partial charge on any atom is -0.483 e. The van der Waals surface area contributed by atoms with Gasteiger partial charge in [-0.05, 0) is 45.2 Å². The number of aromatic nitrogens is 4. The molecule has 1 aliphatic carbocycles. The van der Waals surface area contributed by atoms with Gasteiger partial charge in [-0.3, -0.25) is 4.68 Å². The van der Waals surface area contributed by atoms with Gasteiger partial charge >= 0.3 is 0 Å². The van der Waals surface area contributed by atoms with Crippen LogP contribution in [0.2, 0.25) is 0 Å². The summed E-state index contributed by atoms with van der Waals surface area (Å²) in [5.41, 5.74) is 8.79. The Bertz CT molecular complexity index is 1240. The lowest BCUT2D eigenvalue weighted by Gasteiger charge is -2.41. The van der Waals surface area contributed by atoms with Crippen LogP contribution in [-0.2, 0) is 7.05 Å². The van der Waals surface area contributed by atoms with Crippen molar-refractivity contribution in [2.45, 2.75) is 44.8 Å². The molecule has 9 nitrogen and oxygen atoms in total. The molecular formula is C23H24N6O3. The van der Waals surface area contributed by atoms with Crippen LogP contribution in [0.3, 0.4) is 0 Å². The van der Waals surface area contributed by atoms with Crippen molar-refractivity contribution in [3.63, 3.8) is 0 Å². The molecule has 0 saturated heterocycles. The average molecular weight is 432 g/mol. The van der Waals surface area contributed by atoms with Crippen molar-refractivity contribution in [2.75, 3.05) is 12.3 Å². The number of nitrogen functional groups attached to an aromatic ring is 1. The minimum atomic E-state index is -0.470. The Labute approximate surface area is 185 Å². The van der Waals surface area contributed by atoms with E-state index in [1.54, 1.807) is 7.05 Å². The zero-order valence-electron chi connectivity index (χ0n) is 18.3. The molecule has 3 aromatic rings. The lowest BCUT2D eigenvalue weighted by molar-refractivity contribution is -0.0460. The molecule has 0 amide bonds. The van der Waals surface area contributed by atoms with Crippen LogP contribution in [-0.4, -0.2) is 32.0 Å². The molecule has 2 N–H and O–H groups in total. The molecule has 2 bridgehead atoms. The molecule has 1 aliphatic heterocycles. The van der Waals surface area contributed by atoms with Crippen LogP contribution in [0, 0.1) is 18.3 Å². The first-order valence-electron chi connectivity index (χ1n) is 10.6. The number of ether oxygens (including phenoxy) is 3. The van der Waals surface area contributed by atoms with E-state index in [-0.39, 0.29) is 17.8 Å². The molecule has 1 saturated carbocycles. The normalized spacial score (nSPS) is 18.8. The third-order valence-electron chi connectivity index (χ3n) is 6.10. The van der Waals surface area contributed by atoms with E-state index in [9.17, 15) is 5.26 Å². The first-order valence-corrected chi connectivity index (χ1v) is 10.6. The zero-order valence-corrected chi connectivity index (χ0v) is 18.3. The molecule has 0 radical (unpaired) electrons. The molecular weight excluding hydrogens is 408 g/mol. The van der Waals surface area contributed by atoms with Crippen LogP contribution < -0.4 is 19.9 Å². The number of aryl methyl sites for hydroxylation is 2. The highest BCUT2D eigenvalue weighted by atomic mass is 16.6. The predicted molar refractivity (Wildman–Crippen MR) is 116 cm³/mol. The molecule has 2 aromatic heterocycles. The van der Waals surface area contributed by atoms with E-state index in [4.69, 9.17) is 19.9 Å². The number of nitrogens with two attached hydrogens (primary N) is 1. The van der Waals surface area contributed by atoms with E-state index in [0.717, 1.165) is 36.1 Å². The second kappa shape index (κ2) is 7.41. The fourth-order valence-electron chi connectivity index (χ4n) is 4.14. The predicted octanol–water partition coefficient (Wildman–Crippen LogP) is 3.47. The SMILES string of the molecule is Cc1ccc2c(c1)[C@@H](C)Oc1nc(cnc1N)-c1c(nn(C)c1C#N)OCC1(CCC1)O2. The molecule has 0 unspecified atom stereocenters. The summed E-state index contributed by atoms with van der Waals surface area (Å²) in [5.74, 6) is 1.39.